The highest BCUT2D eigenvalue weighted by Crippen LogP contribution is 2.10. The van der Waals surface area contributed by atoms with Crippen LogP contribution in [0.4, 0.5) is 0 Å². The molecule has 1 aliphatic heterocycles. The molecule has 1 aliphatic rings. The molecule has 2 heterocycles. The lowest BCUT2D eigenvalue weighted by molar-refractivity contribution is -0.917. The molecule has 0 bridgehead atoms. The molecule has 1 aromatic carbocycles. The summed E-state index contributed by atoms with van der Waals surface area (Å²) in [5.74, 6) is -0.208. The summed E-state index contributed by atoms with van der Waals surface area (Å²) >= 11 is 7.40. The van der Waals surface area contributed by atoms with E-state index < -0.39 is 0 Å². The molecule has 0 radical (unpaired) electrons. The highest BCUT2D eigenvalue weighted by atomic mass is 35.5. The van der Waals surface area contributed by atoms with Gasteiger partial charge in [-0.05, 0) is 23.6 Å². The Balaban J connectivity index is 1.42. The van der Waals surface area contributed by atoms with Crippen LogP contribution in [0.3, 0.4) is 0 Å². The highest BCUT2D eigenvalue weighted by molar-refractivity contribution is 7.12. The zero-order valence-corrected chi connectivity index (χ0v) is 15.4. The van der Waals surface area contributed by atoms with Gasteiger partial charge in [0.1, 0.15) is 6.54 Å². The molecule has 132 valence electrons. The summed E-state index contributed by atoms with van der Waals surface area (Å²) in [6.07, 6.45) is 0. The molecule has 0 saturated carbocycles. The molecule has 2 amide bonds. The monoisotopic (exact) mass is 378 g/mol. The van der Waals surface area contributed by atoms with Crippen molar-refractivity contribution in [3.8, 4) is 0 Å². The maximum absolute atomic E-state index is 12.3. The van der Waals surface area contributed by atoms with E-state index >= 15 is 0 Å². The van der Waals surface area contributed by atoms with Crippen LogP contribution in [0, 0.1) is 0 Å². The molecule has 2 N–H and O–H groups in total. The minimum absolute atomic E-state index is 0.0216. The molecule has 0 aliphatic carbocycles. The smallest absolute Gasteiger partial charge is 0.261 e. The van der Waals surface area contributed by atoms with Gasteiger partial charge in [-0.15, -0.1) is 11.3 Å². The third kappa shape index (κ3) is 5.04. The molecular weight excluding hydrogens is 358 g/mol. The molecule has 2 aromatic rings. The predicted molar refractivity (Wildman–Crippen MR) is 99.1 cm³/mol. The molecule has 3 rings (SSSR count). The quantitative estimate of drug-likeness (QED) is 0.817. The first-order chi connectivity index (χ1) is 12.1. The minimum atomic E-state index is -0.187. The standard InChI is InChI=1S/C18H20ClN3O2S/c19-15-4-1-3-14(11-15)13-21-6-8-22(9-7-21)17(23)12-20-18(24)16-5-2-10-25-16/h1-5,10-11H,6-9,12-13H2,(H,20,24)/p+1. The van der Waals surface area contributed by atoms with Gasteiger partial charge in [0.05, 0.1) is 37.6 Å². The first kappa shape index (κ1) is 17.9. The van der Waals surface area contributed by atoms with Crippen LogP contribution in [-0.2, 0) is 11.3 Å². The van der Waals surface area contributed by atoms with Crippen molar-refractivity contribution >= 4 is 34.8 Å². The molecule has 5 nitrogen and oxygen atoms in total. The van der Waals surface area contributed by atoms with Gasteiger partial charge in [-0.2, -0.15) is 0 Å². The lowest BCUT2D eigenvalue weighted by atomic mass is 10.2. The molecule has 0 unspecified atom stereocenters. The molecular formula is C18H21ClN3O2S+. The third-order valence-corrected chi connectivity index (χ3v) is 5.42. The zero-order chi connectivity index (χ0) is 17.6. The van der Waals surface area contributed by atoms with E-state index in [1.54, 1.807) is 6.07 Å². The Labute approximate surface area is 156 Å². The fraction of sp³-hybridized carbons (Fsp3) is 0.333. The first-order valence-corrected chi connectivity index (χ1v) is 9.55. The number of carbonyl (C=O) groups is 2. The Kier molecular flexibility index (Phi) is 6.07. The number of hydrogen-bond acceptors (Lipinski definition) is 3. The molecule has 1 saturated heterocycles. The highest BCUT2D eigenvalue weighted by Gasteiger charge is 2.24. The number of nitrogens with one attached hydrogen (secondary N) is 2. The van der Waals surface area contributed by atoms with Gasteiger partial charge in [0.25, 0.3) is 5.91 Å². The lowest BCUT2D eigenvalue weighted by Gasteiger charge is -2.32. The van der Waals surface area contributed by atoms with Crippen molar-refractivity contribution in [3.05, 3.63) is 57.2 Å². The molecule has 1 aromatic heterocycles. The normalized spacial score (nSPS) is 15.2. The van der Waals surface area contributed by atoms with Gasteiger partial charge in [0, 0.05) is 10.6 Å². The maximum Gasteiger partial charge on any atom is 0.261 e. The Morgan fingerprint density at radius 1 is 1.20 bits per heavy atom. The van der Waals surface area contributed by atoms with Crippen molar-refractivity contribution in [2.24, 2.45) is 0 Å². The number of rotatable bonds is 5. The van der Waals surface area contributed by atoms with Crippen molar-refractivity contribution < 1.29 is 14.5 Å². The van der Waals surface area contributed by atoms with Crippen LogP contribution in [0.25, 0.3) is 0 Å². The predicted octanol–water partition coefficient (Wildman–Crippen LogP) is 1.06. The summed E-state index contributed by atoms with van der Waals surface area (Å²) < 4.78 is 0. The van der Waals surface area contributed by atoms with Crippen molar-refractivity contribution in [1.82, 2.24) is 10.2 Å². The van der Waals surface area contributed by atoms with E-state index in [4.69, 9.17) is 11.6 Å². The van der Waals surface area contributed by atoms with Gasteiger partial charge in [0.2, 0.25) is 5.91 Å². The first-order valence-electron chi connectivity index (χ1n) is 8.29. The van der Waals surface area contributed by atoms with Crippen LogP contribution in [0.5, 0.6) is 0 Å². The van der Waals surface area contributed by atoms with Crippen LogP contribution in [-0.4, -0.2) is 49.4 Å². The summed E-state index contributed by atoms with van der Waals surface area (Å²) in [7, 11) is 0. The van der Waals surface area contributed by atoms with Crippen LogP contribution >= 0.6 is 22.9 Å². The average molecular weight is 379 g/mol. The fourth-order valence-electron chi connectivity index (χ4n) is 2.95. The Morgan fingerprint density at radius 3 is 2.68 bits per heavy atom. The van der Waals surface area contributed by atoms with E-state index in [9.17, 15) is 9.59 Å². The van der Waals surface area contributed by atoms with Gasteiger partial charge in [0.15, 0.2) is 0 Å². The number of carbonyl (C=O) groups excluding carboxylic acids is 2. The number of halogens is 1. The van der Waals surface area contributed by atoms with Crippen molar-refractivity contribution in [1.29, 1.82) is 0 Å². The number of quaternary nitrogens is 1. The van der Waals surface area contributed by atoms with E-state index in [-0.39, 0.29) is 18.4 Å². The Hall–Kier alpha value is -1.89. The van der Waals surface area contributed by atoms with Gasteiger partial charge < -0.3 is 15.1 Å². The molecule has 25 heavy (non-hydrogen) atoms. The Bertz CT molecular complexity index is 728. The van der Waals surface area contributed by atoms with Gasteiger partial charge in [-0.25, -0.2) is 0 Å². The van der Waals surface area contributed by atoms with Crippen molar-refractivity contribution in [2.45, 2.75) is 6.54 Å². The number of benzene rings is 1. The van der Waals surface area contributed by atoms with Crippen LogP contribution in [0.1, 0.15) is 15.2 Å². The minimum Gasteiger partial charge on any atom is -0.342 e. The number of thiophene rings is 1. The summed E-state index contributed by atoms with van der Waals surface area (Å²) in [4.78, 5) is 28.1. The molecule has 1 fully saturated rings. The second-order valence-electron chi connectivity index (χ2n) is 6.10. The van der Waals surface area contributed by atoms with Gasteiger partial charge >= 0.3 is 0 Å². The molecule has 0 atom stereocenters. The van der Waals surface area contributed by atoms with E-state index in [2.05, 4.69) is 11.4 Å². The zero-order valence-electron chi connectivity index (χ0n) is 13.8. The molecule has 0 spiro atoms. The van der Waals surface area contributed by atoms with Crippen molar-refractivity contribution in [3.63, 3.8) is 0 Å². The second kappa shape index (κ2) is 8.47. The number of amides is 2. The van der Waals surface area contributed by atoms with E-state index in [1.165, 1.54) is 21.8 Å². The van der Waals surface area contributed by atoms with Gasteiger partial charge in [-0.1, -0.05) is 29.8 Å². The Morgan fingerprint density at radius 2 is 2.00 bits per heavy atom. The summed E-state index contributed by atoms with van der Waals surface area (Å²) in [5, 5.41) is 5.30. The average Bonchev–Trinajstić information content (AvgIpc) is 3.15. The fourth-order valence-corrected chi connectivity index (χ4v) is 3.80. The van der Waals surface area contributed by atoms with E-state index in [0.29, 0.717) is 18.0 Å². The second-order valence-corrected chi connectivity index (χ2v) is 7.48. The van der Waals surface area contributed by atoms with Crippen molar-refractivity contribution in [2.75, 3.05) is 32.7 Å². The van der Waals surface area contributed by atoms with E-state index in [0.717, 1.165) is 24.7 Å². The van der Waals surface area contributed by atoms with Gasteiger partial charge in [-0.3, -0.25) is 9.59 Å². The molecule has 7 heteroatoms. The lowest BCUT2D eigenvalue weighted by Crippen LogP contribution is -3.13. The van der Waals surface area contributed by atoms with Crippen LogP contribution < -0.4 is 10.2 Å². The topological polar surface area (TPSA) is 53.9 Å². The SMILES string of the molecule is O=C(NCC(=O)N1CC[NH+](Cc2cccc(Cl)c2)CC1)c1cccs1. The third-order valence-electron chi connectivity index (χ3n) is 4.31. The van der Waals surface area contributed by atoms with Crippen LogP contribution in [0.15, 0.2) is 41.8 Å². The number of nitrogens with zero attached hydrogens (tertiary/aromatic N) is 1. The number of hydrogen-bond donors (Lipinski definition) is 2. The summed E-state index contributed by atoms with van der Waals surface area (Å²) in [6.45, 7) is 4.19. The van der Waals surface area contributed by atoms with Crippen LogP contribution in [0.2, 0.25) is 5.02 Å². The maximum atomic E-state index is 12.3. The summed E-state index contributed by atoms with van der Waals surface area (Å²) in [6, 6.07) is 11.5. The number of piperazine rings is 1. The summed E-state index contributed by atoms with van der Waals surface area (Å²) in [5.41, 5.74) is 1.21. The largest absolute Gasteiger partial charge is 0.342 e. The van der Waals surface area contributed by atoms with E-state index in [1.807, 2.05) is 34.5 Å².